The van der Waals surface area contributed by atoms with Crippen molar-refractivity contribution < 1.29 is 9.84 Å². The molecule has 29 heavy (non-hydrogen) atoms. The summed E-state index contributed by atoms with van der Waals surface area (Å²) in [5.41, 5.74) is 11.3. The van der Waals surface area contributed by atoms with Crippen LogP contribution in [0.3, 0.4) is 0 Å². The van der Waals surface area contributed by atoms with E-state index in [0.717, 1.165) is 51.0 Å². The van der Waals surface area contributed by atoms with Crippen LogP contribution < -0.4 is 10.5 Å². The van der Waals surface area contributed by atoms with Gasteiger partial charge in [-0.2, -0.15) is 0 Å². The van der Waals surface area contributed by atoms with Crippen molar-refractivity contribution in [1.82, 2.24) is 15.0 Å². The summed E-state index contributed by atoms with van der Waals surface area (Å²) >= 11 is 1.43. The highest BCUT2D eigenvalue weighted by Crippen LogP contribution is 2.45. The van der Waals surface area contributed by atoms with Gasteiger partial charge in [-0.15, -0.1) is 11.3 Å². The Morgan fingerprint density at radius 1 is 1.03 bits per heavy atom. The Morgan fingerprint density at radius 2 is 1.72 bits per heavy atom. The summed E-state index contributed by atoms with van der Waals surface area (Å²) in [5, 5.41) is 11.9. The van der Waals surface area contributed by atoms with E-state index in [0.29, 0.717) is 18.2 Å². The lowest BCUT2D eigenvalue weighted by atomic mass is 10.0. The van der Waals surface area contributed by atoms with Gasteiger partial charge in [0, 0.05) is 35.7 Å². The van der Waals surface area contributed by atoms with E-state index in [9.17, 15) is 5.11 Å². The fourth-order valence-electron chi connectivity index (χ4n) is 3.88. The van der Waals surface area contributed by atoms with Crippen LogP contribution in [0.1, 0.15) is 39.7 Å². The molecule has 0 radical (unpaired) electrons. The Balaban J connectivity index is 1.56. The molecule has 0 fully saturated rings. The van der Waals surface area contributed by atoms with Crippen LogP contribution >= 0.6 is 11.3 Å². The summed E-state index contributed by atoms with van der Waals surface area (Å²) in [6.45, 7) is 0.445. The van der Waals surface area contributed by atoms with Crippen LogP contribution in [0.15, 0.2) is 49.1 Å². The van der Waals surface area contributed by atoms with Gasteiger partial charge in [0.1, 0.15) is 17.5 Å². The van der Waals surface area contributed by atoms with Gasteiger partial charge in [-0.1, -0.05) is 0 Å². The first-order chi connectivity index (χ1) is 14.2. The Hall–Kier alpha value is -3.03. The Morgan fingerprint density at radius 3 is 2.48 bits per heavy atom. The van der Waals surface area contributed by atoms with Crippen molar-refractivity contribution in [3.8, 4) is 5.88 Å². The smallest absolute Gasteiger partial charge is 0.218 e. The molecule has 1 aliphatic carbocycles. The molecule has 1 aliphatic rings. The number of aliphatic hydroxyl groups excluding tert-OH is 1. The zero-order valence-electron chi connectivity index (χ0n) is 15.7. The highest BCUT2D eigenvalue weighted by atomic mass is 32.1. The van der Waals surface area contributed by atoms with Crippen molar-refractivity contribution in [1.29, 1.82) is 0 Å². The number of fused-ring (bicyclic) bond motifs is 3. The number of hydrogen-bond donors (Lipinski definition) is 2. The normalized spacial score (nSPS) is 14.1. The van der Waals surface area contributed by atoms with Crippen LogP contribution in [0.4, 0.5) is 5.69 Å². The maximum atomic E-state index is 10.9. The summed E-state index contributed by atoms with van der Waals surface area (Å²) in [6, 6.07) is 7.47. The predicted molar refractivity (Wildman–Crippen MR) is 113 cm³/mol. The van der Waals surface area contributed by atoms with Crippen molar-refractivity contribution in [2.45, 2.75) is 32.0 Å². The number of nitrogen functional groups attached to an aromatic ring is 1. The number of rotatable bonds is 5. The van der Waals surface area contributed by atoms with Crippen LogP contribution in [-0.2, 0) is 19.4 Å². The summed E-state index contributed by atoms with van der Waals surface area (Å²) in [7, 11) is 0. The van der Waals surface area contributed by atoms with Gasteiger partial charge in [-0.3, -0.25) is 9.97 Å². The molecule has 5 rings (SSSR count). The molecule has 0 saturated heterocycles. The van der Waals surface area contributed by atoms with Crippen molar-refractivity contribution >= 4 is 27.2 Å². The molecule has 4 heterocycles. The molecule has 4 aromatic heterocycles. The lowest BCUT2D eigenvalue weighted by molar-refractivity contribution is 0.225. The van der Waals surface area contributed by atoms with Crippen LogP contribution in [-0.4, -0.2) is 20.1 Å². The van der Waals surface area contributed by atoms with Crippen LogP contribution in [0, 0.1) is 0 Å². The van der Waals surface area contributed by atoms with Gasteiger partial charge < -0.3 is 15.6 Å². The summed E-state index contributed by atoms with van der Waals surface area (Å²) < 4.78 is 6.09. The van der Waals surface area contributed by atoms with Gasteiger partial charge in [0.15, 0.2) is 0 Å². The topological polar surface area (TPSA) is 94.2 Å². The zero-order chi connectivity index (χ0) is 19.8. The van der Waals surface area contributed by atoms with Crippen molar-refractivity contribution in [2.75, 3.05) is 5.73 Å². The molecule has 0 saturated carbocycles. The minimum absolute atomic E-state index is 0.445. The highest BCUT2D eigenvalue weighted by Gasteiger charge is 2.27. The first-order valence-electron chi connectivity index (χ1n) is 9.55. The third kappa shape index (κ3) is 3.22. The molecular formula is C22H20N4O2S. The third-order valence-electron chi connectivity index (χ3n) is 5.33. The molecular weight excluding hydrogens is 384 g/mol. The van der Waals surface area contributed by atoms with Crippen LogP contribution in [0.2, 0.25) is 0 Å². The molecule has 0 spiro atoms. The van der Waals surface area contributed by atoms with Gasteiger partial charge in [0.25, 0.3) is 0 Å². The first-order valence-corrected chi connectivity index (χ1v) is 10.4. The van der Waals surface area contributed by atoms with E-state index in [1.54, 1.807) is 36.9 Å². The fourth-order valence-corrected chi connectivity index (χ4v) is 5.02. The Labute approximate surface area is 172 Å². The molecule has 0 amide bonds. The maximum absolute atomic E-state index is 10.9. The molecule has 4 aromatic rings. The van der Waals surface area contributed by atoms with E-state index in [2.05, 4.69) is 9.97 Å². The van der Waals surface area contributed by atoms with Crippen LogP contribution in [0.5, 0.6) is 5.88 Å². The van der Waals surface area contributed by atoms with Crippen molar-refractivity contribution in [3.05, 3.63) is 76.2 Å². The van der Waals surface area contributed by atoms with Gasteiger partial charge in [0.05, 0.1) is 10.6 Å². The monoisotopic (exact) mass is 404 g/mol. The molecule has 7 heteroatoms. The third-order valence-corrected chi connectivity index (χ3v) is 6.48. The minimum Gasteiger partial charge on any atom is -0.473 e. The SMILES string of the molecule is Nc1c(C(O)c2ccncc2)sc2nc(OCc3ccncc3)c3c(c12)CCC3. The summed E-state index contributed by atoms with van der Waals surface area (Å²) in [6.07, 6.45) is 8.99. The Bertz CT molecular complexity index is 1160. The van der Waals surface area contributed by atoms with E-state index >= 15 is 0 Å². The zero-order valence-corrected chi connectivity index (χ0v) is 16.5. The van der Waals surface area contributed by atoms with Gasteiger partial charge in [0.2, 0.25) is 5.88 Å². The number of hydrogen-bond acceptors (Lipinski definition) is 7. The number of aliphatic hydroxyl groups is 1. The molecule has 0 aromatic carbocycles. The van der Waals surface area contributed by atoms with E-state index in [4.69, 9.17) is 15.5 Å². The van der Waals surface area contributed by atoms with Crippen molar-refractivity contribution in [2.24, 2.45) is 0 Å². The number of anilines is 1. The second-order valence-electron chi connectivity index (χ2n) is 7.11. The summed E-state index contributed by atoms with van der Waals surface area (Å²) in [5.74, 6) is 0.674. The quantitative estimate of drug-likeness (QED) is 0.525. The maximum Gasteiger partial charge on any atom is 0.218 e. The molecule has 1 atom stereocenters. The molecule has 0 aliphatic heterocycles. The minimum atomic E-state index is -0.796. The van der Waals surface area contributed by atoms with E-state index < -0.39 is 6.10 Å². The molecule has 0 bridgehead atoms. The lowest BCUT2D eigenvalue weighted by Crippen LogP contribution is -2.02. The summed E-state index contributed by atoms with van der Waals surface area (Å²) in [4.78, 5) is 14.4. The van der Waals surface area contributed by atoms with Gasteiger partial charge in [-0.05, 0) is 60.2 Å². The second kappa shape index (κ2) is 7.42. The highest BCUT2D eigenvalue weighted by molar-refractivity contribution is 7.19. The Kier molecular flexibility index (Phi) is 4.61. The molecule has 3 N–H and O–H groups in total. The van der Waals surface area contributed by atoms with Crippen molar-refractivity contribution in [3.63, 3.8) is 0 Å². The number of ether oxygens (including phenoxy) is 1. The fraction of sp³-hybridized carbons (Fsp3) is 0.227. The first kappa shape index (κ1) is 18.0. The van der Waals surface area contributed by atoms with E-state index in [1.807, 2.05) is 12.1 Å². The predicted octanol–water partition coefficient (Wildman–Crippen LogP) is 3.82. The van der Waals surface area contributed by atoms with E-state index in [-0.39, 0.29) is 0 Å². The molecule has 6 nitrogen and oxygen atoms in total. The van der Waals surface area contributed by atoms with Crippen LogP contribution in [0.25, 0.3) is 10.2 Å². The number of nitrogens with zero attached hydrogens (tertiary/aromatic N) is 3. The standard InChI is InChI=1S/C22H20N4O2S/c23-18-17-15-2-1-3-16(15)21(28-12-13-4-8-24-9-5-13)26-22(17)29-20(18)19(27)14-6-10-25-11-7-14/h4-11,19,27H,1-3,12,23H2. The number of thiophene rings is 1. The lowest BCUT2D eigenvalue weighted by Gasteiger charge is -2.11. The molecule has 146 valence electrons. The van der Waals surface area contributed by atoms with Gasteiger partial charge >= 0.3 is 0 Å². The van der Waals surface area contributed by atoms with Gasteiger partial charge in [-0.25, -0.2) is 4.98 Å². The molecule has 1 unspecified atom stereocenters. The number of aryl methyl sites for hydroxylation is 1. The largest absolute Gasteiger partial charge is 0.473 e. The van der Waals surface area contributed by atoms with E-state index in [1.165, 1.54) is 16.9 Å². The average Bonchev–Trinajstić information content (AvgIpc) is 3.37. The number of pyridine rings is 3. The second-order valence-corrected chi connectivity index (χ2v) is 8.15. The number of aromatic nitrogens is 3. The average molecular weight is 404 g/mol. The number of nitrogens with two attached hydrogens (primary N) is 1.